The van der Waals surface area contributed by atoms with Gasteiger partial charge in [-0.05, 0) is 30.3 Å². The third kappa shape index (κ3) is 3.04. The minimum atomic E-state index is 0.715. The summed E-state index contributed by atoms with van der Waals surface area (Å²) < 4.78 is 0. The molecule has 1 saturated heterocycles. The maximum Gasteiger partial charge on any atom is 0.0639 e. The van der Waals surface area contributed by atoms with Gasteiger partial charge in [0.05, 0.1) is 22.1 Å². The molecule has 0 aliphatic carbocycles. The second-order valence-corrected chi connectivity index (χ2v) is 5.97. The van der Waals surface area contributed by atoms with Gasteiger partial charge in [-0.2, -0.15) is 0 Å². The molecule has 2 N–H and O–H groups in total. The average Bonchev–Trinajstić information content (AvgIpc) is 2.50. The van der Waals surface area contributed by atoms with E-state index in [1.807, 2.05) is 36.4 Å². The van der Waals surface area contributed by atoms with Gasteiger partial charge >= 0.3 is 0 Å². The third-order valence-corrected chi connectivity index (χ3v) is 4.36. The van der Waals surface area contributed by atoms with E-state index in [1.54, 1.807) is 0 Å². The highest BCUT2D eigenvalue weighted by atomic mass is 35.5. The standard InChI is InChI=1S/C16H17Cl2N3/c17-12-5-6-14(19)16(11-12)21-9-7-20(8-10-21)15-4-2-1-3-13(15)18/h1-6,11H,7-10,19H2. The highest BCUT2D eigenvalue weighted by molar-refractivity contribution is 6.33. The van der Waals surface area contributed by atoms with Gasteiger partial charge in [0, 0.05) is 31.2 Å². The van der Waals surface area contributed by atoms with Gasteiger partial charge in [-0.3, -0.25) is 0 Å². The second kappa shape index (κ2) is 6.04. The number of halogens is 2. The van der Waals surface area contributed by atoms with E-state index < -0.39 is 0 Å². The Morgan fingerprint density at radius 2 is 1.43 bits per heavy atom. The maximum absolute atomic E-state index is 6.26. The zero-order chi connectivity index (χ0) is 14.8. The lowest BCUT2D eigenvalue weighted by Crippen LogP contribution is -2.46. The summed E-state index contributed by atoms with van der Waals surface area (Å²) in [4.78, 5) is 4.58. The topological polar surface area (TPSA) is 32.5 Å². The van der Waals surface area contributed by atoms with Crippen molar-refractivity contribution in [3.63, 3.8) is 0 Å². The number of piperazine rings is 1. The molecule has 2 aromatic carbocycles. The van der Waals surface area contributed by atoms with Gasteiger partial charge in [0.1, 0.15) is 0 Å². The molecule has 3 nitrogen and oxygen atoms in total. The van der Waals surface area contributed by atoms with Crippen molar-refractivity contribution in [2.75, 3.05) is 41.7 Å². The van der Waals surface area contributed by atoms with E-state index in [0.717, 1.165) is 48.3 Å². The van der Waals surface area contributed by atoms with Crippen LogP contribution in [0.1, 0.15) is 0 Å². The van der Waals surface area contributed by atoms with E-state index in [1.165, 1.54) is 0 Å². The molecule has 3 rings (SSSR count). The minimum Gasteiger partial charge on any atom is -0.397 e. The van der Waals surface area contributed by atoms with E-state index in [2.05, 4.69) is 15.9 Å². The Hall–Kier alpha value is -1.58. The average molecular weight is 322 g/mol. The van der Waals surface area contributed by atoms with Crippen LogP contribution in [0.15, 0.2) is 42.5 Å². The monoisotopic (exact) mass is 321 g/mol. The quantitative estimate of drug-likeness (QED) is 0.851. The molecular formula is C16H17Cl2N3. The molecule has 0 spiro atoms. The number of benzene rings is 2. The minimum absolute atomic E-state index is 0.715. The first-order valence-corrected chi connectivity index (χ1v) is 7.70. The molecule has 0 atom stereocenters. The predicted molar refractivity (Wildman–Crippen MR) is 91.7 cm³/mol. The first-order chi connectivity index (χ1) is 10.1. The van der Waals surface area contributed by atoms with E-state index in [0.29, 0.717) is 5.02 Å². The van der Waals surface area contributed by atoms with E-state index in [-0.39, 0.29) is 0 Å². The fourth-order valence-electron chi connectivity index (χ4n) is 2.69. The highest BCUT2D eigenvalue weighted by Gasteiger charge is 2.20. The number of anilines is 3. The van der Waals surface area contributed by atoms with Crippen molar-refractivity contribution in [2.45, 2.75) is 0 Å². The summed E-state index contributed by atoms with van der Waals surface area (Å²) in [5, 5.41) is 1.51. The molecule has 5 heteroatoms. The molecule has 110 valence electrons. The van der Waals surface area contributed by atoms with Gasteiger partial charge in [-0.15, -0.1) is 0 Å². The highest BCUT2D eigenvalue weighted by Crippen LogP contribution is 2.30. The van der Waals surface area contributed by atoms with Crippen molar-refractivity contribution in [2.24, 2.45) is 0 Å². The van der Waals surface area contributed by atoms with Crippen molar-refractivity contribution in [3.05, 3.63) is 52.5 Å². The maximum atomic E-state index is 6.26. The molecule has 1 fully saturated rings. The van der Waals surface area contributed by atoms with Crippen molar-refractivity contribution in [3.8, 4) is 0 Å². The molecule has 0 amide bonds. The van der Waals surface area contributed by atoms with E-state index in [9.17, 15) is 0 Å². The Morgan fingerprint density at radius 1 is 0.810 bits per heavy atom. The van der Waals surface area contributed by atoms with Crippen LogP contribution in [-0.2, 0) is 0 Å². The number of nitrogens with zero attached hydrogens (tertiary/aromatic N) is 2. The fraction of sp³-hybridized carbons (Fsp3) is 0.250. The Balaban J connectivity index is 1.73. The fourth-order valence-corrected chi connectivity index (χ4v) is 3.11. The Bertz CT molecular complexity index is 637. The number of nitrogens with two attached hydrogens (primary N) is 1. The summed E-state index contributed by atoms with van der Waals surface area (Å²) in [5.74, 6) is 0. The summed E-state index contributed by atoms with van der Waals surface area (Å²) >= 11 is 12.3. The first-order valence-electron chi connectivity index (χ1n) is 6.94. The van der Waals surface area contributed by atoms with Crippen LogP contribution in [0, 0.1) is 0 Å². The van der Waals surface area contributed by atoms with Crippen LogP contribution in [0.5, 0.6) is 0 Å². The van der Waals surface area contributed by atoms with Crippen LogP contribution in [0.4, 0.5) is 17.1 Å². The Labute approximate surface area is 134 Å². The van der Waals surface area contributed by atoms with Gasteiger partial charge in [-0.1, -0.05) is 35.3 Å². The van der Waals surface area contributed by atoms with Crippen LogP contribution in [0.25, 0.3) is 0 Å². The van der Waals surface area contributed by atoms with Crippen molar-refractivity contribution >= 4 is 40.3 Å². The Kier molecular flexibility index (Phi) is 4.13. The normalized spacial score (nSPS) is 15.3. The lowest BCUT2D eigenvalue weighted by molar-refractivity contribution is 0.654. The summed E-state index contributed by atoms with van der Waals surface area (Å²) in [5.41, 5.74) is 8.93. The van der Waals surface area contributed by atoms with Crippen molar-refractivity contribution in [1.82, 2.24) is 0 Å². The first kappa shape index (κ1) is 14.4. The lowest BCUT2D eigenvalue weighted by Gasteiger charge is -2.38. The van der Waals surface area contributed by atoms with Crippen LogP contribution in [0.3, 0.4) is 0 Å². The third-order valence-electron chi connectivity index (χ3n) is 3.81. The molecule has 0 bridgehead atoms. The predicted octanol–water partition coefficient (Wildman–Crippen LogP) is 3.90. The molecule has 1 aliphatic rings. The summed E-state index contributed by atoms with van der Waals surface area (Å²) in [6, 6.07) is 13.6. The molecule has 0 aromatic heterocycles. The van der Waals surface area contributed by atoms with E-state index >= 15 is 0 Å². The van der Waals surface area contributed by atoms with Crippen LogP contribution >= 0.6 is 23.2 Å². The number of hydrogen-bond acceptors (Lipinski definition) is 3. The van der Waals surface area contributed by atoms with Crippen molar-refractivity contribution < 1.29 is 0 Å². The smallest absolute Gasteiger partial charge is 0.0639 e. The summed E-state index contributed by atoms with van der Waals surface area (Å²) in [7, 11) is 0. The van der Waals surface area contributed by atoms with Crippen molar-refractivity contribution in [1.29, 1.82) is 0 Å². The van der Waals surface area contributed by atoms with Gasteiger partial charge in [-0.25, -0.2) is 0 Å². The van der Waals surface area contributed by atoms with Gasteiger partial charge < -0.3 is 15.5 Å². The summed E-state index contributed by atoms with van der Waals surface area (Å²) in [6.07, 6.45) is 0. The van der Waals surface area contributed by atoms with E-state index in [4.69, 9.17) is 28.9 Å². The Morgan fingerprint density at radius 3 is 2.10 bits per heavy atom. The second-order valence-electron chi connectivity index (χ2n) is 5.13. The molecule has 0 unspecified atom stereocenters. The number of nitrogen functional groups attached to an aromatic ring is 1. The molecule has 1 heterocycles. The number of para-hydroxylation sites is 1. The zero-order valence-electron chi connectivity index (χ0n) is 11.6. The van der Waals surface area contributed by atoms with Gasteiger partial charge in [0.15, 0.2) is 0 Å². The molecule has 1 aliphatic heterocycles. The SMILES string of the molecule is Nc1ccc(Cl)cc1N1CCN(c2ccccc2Cl)CC1. The number of hydrogen-bond donors (Lipinski definition) is 1. The van der Waals surface area contributed by atoms with Crippen LogP contribution < -0.4 is 15.5 Å². The molecule has 2 aromatic rings. The number of rotatable bonds is 2. The lowest BCUT2D eigenvalue weighted by atomic mass is 10.2. The molecule has 0 radical (unpaired) electrons. The van der Waals surface area contributed by atoms with Gasteiger partial charge in [0.25, 0.3) is 0 Å². The molecular weight excluding hydrogens is 305 g/mol. The van der Waals surface area contributed by atoms with Gasteiger partial charge in [0.2, 0.25) is 0 Å². The largest absolute Gasteiger partial charge is 0.397 e. The zero-order valence-corrected chi connectivity index (χ0v) is 13.1. The molecule has 21 heavy (non-hydrogen) atoms. The van der Waals surface area contributed by atoms with Crippen LogP contribution in [-0.4, -0.2) is 26.2 Å². The summed E-state index contributed by atoms with van der Waals surface area (Å²) in [6.45, 7) is 3.62. The van der Waals surface area contributed by atoms with Crippen LogP contribution in [0.2, 0.25) is 10.0 Å². The molecule has 0 saturated carbocycles.